The first-order chi connectivity index (χ1) is 71.2. The summed E-state index contributed by atoms with van der Waals surface area (Å²) in [6.07, 6.45) is 42.8. The third kappa shape index (κ3) is 62.8. The fourth-order valence-electron chi connectivity index (χ4n) is 18.4. The molecule has 4 aromatic rings. The van der Waals surface area contributed by atoms with E-state index in [0.29, 0.717) is 84.2 Å². The number of aliphatic hydroxyl groups is 6. The first-order valence-electron chi connectivity index (χ1n) is 57.9. The molecule has 8 rings (SSSR count). The normalized spacial score (nSPS) is 20.8. The summed E-state index contributed by atoms with van der Waals surface area (Å²) in [6, 6.07) is 39.2. The van der Waals surface area contributed by atoms with Crippen LogP contribution in [0.1, 0.15) is 408 Å². The van der Waals surface area contributed by atoms with E-state index in [2.05, 4.69) is 109 Å². The Morgan fingerprint density at radius 3 is 1.27 bits per heavy atom. The van der Waals surface area contributed by atoms with Crippen molar-refractivity contribution in [3.63, 3.8) is 0 Å². The van der Waals surface area contributed by atoms with Crippen LogP contribution < -0.4 is 21.3 Å². The molecule has 11 N–H and O–H groups in total. The number of aliphatic hydroxyl groups excluding tert-OH is 6. The molecule has 4 saturated heterocycles. The van der Waals surface area contributed by atoms with Crippen LogP contribution in [0.4, 0.5) is 4.79 Å². The van der Waals surface area contributed by atoms with Gasteiger partial charge in [0.15, 0.2) is 12.6 Å². The second kappa shape index (κ2) is 85.1. The fourth-order valence-corrected chi connectivity index (χ4v) is 18.4. The average Bonchev–Trinajstić information content (AvgIpc) is 1.01. The number of carboxylic acid groups (broad SMARTS) is 1. The molecule has 0 spiro atoms. The first-order valence-corrected chi connectivity index (χ1v) is 56.2. The maximum absolute atomic E-state index is 14.3. The van der Waals surface area contributed by atoms with Crippen molar-refractivity contribution < 1.29 is 110 Å². The molecular formula is C118H200N4O22. The molecule has 0 saturated carbocycles. The lowest BCUT2D eigenvalue weighted by Crippen LogP contribution is -2.60. The molecule has 18 atom stereocenters. The monoisotopic (exact) mass is 2030 g/mol. The van der Waals surface area contributed by atoms with E-state index < -0.39 is 80.0 Å². The Morgan fingerprint density at radius 2 is 0.819 bits per heavy atom. The number of nitrogens with one attached hydrogen (secondary N) is 4. The Balaban J connectivity index is 0.000000569. The largest absolute Gasteiger partial charge is 0.481 e. The second-order valence-electron chi connectivity index (χ2n) is 40.3. The molecular weight excluding hydrogens is 1830 g/mol. The van der Waals surface area contributed by atoms with Crippen molar-refractivity contribution in [1.82, 2.24) is 21.3 Å². The Bertz CT molecular complexity index is 3720. The first kappa shape index (κ1) is 126. The Labute approximate surface area is 871 Å². The summed E-state index contributed by atoms with van der Waals surface area (Å²) in [6.45, 7) is 17.8. The van der Waals surface area contributed by atoms with Crippen LogP contribution in [0.25, 0.3) is 0 Å². The van der Waals surface area contributed by atoms with Crippen LogP contribution in [0.2, 0.25) is 0 Å². The van der Waals surface area contributed by atoms with Crippen molar-refractivity contribution in [2.24, 2.45) is 17.8 Å². The summed E-state index contributed by atoms with van der Waals surface area (Å²) < 4.78 is 72.3. The third-order valence-corrected chi connectivity index (χ3v) is 28.0. The highest BCUT2D eigenvalue weighted by atomic mass is 16.7. The van der Waals surface area contributed by atoms with Gasteiger partial charge in [-0.05, 0) is 85.5 Å². The maximum Gasteiger partial charge on any atom is 0.407 e. The molecule has 4 aliphatic heterocycles. The Morgan fingerprint density at radius 1 is 0.438 bits per heavy atom. The number of alkyl carbamates (subject to hydrolysis) is 1. The average molecular weight is 2030 g/mol. The van der Waals surface area contributed by atoms with Gasteiger partial charge in [0.05, 0.1) is 108 Å². The van der Waals surface area contributed by atoms with E-state index in [1.807, 2.05) is 72.8 Å². The van der Waals surface area contributed by atoms with Crippen molar-refractivity contribution in [2.75, 3.05) is 52.7 Å². The van der Waals surface area contributed by atoms with Gasteiger partial charge in [-0.1, -0.05) is 428 Å². The van der Waals surface area contributed by atoms with E-state index >= 15 is 0 Å². The SMILES string of the molecule is CCCCCCCCCCCCCC[C@@H](O)[C@@H](O)[C@H](CO[C@H]1OC(CO)[C@H](O)[C@H](O)C1O)NC(=O)CCCCCCCCCCCNC(=O)CCCCC1CO1.CCCCCCCCCCCCCC[C@@H](OCc1ccccc1)[C@@H](OCc1ccccc1)[C@H](CO[C@H]1OC(COCc2ccccc2)[C@H](C)[C@H](C)C1C)NC(=O)CCCCCCCCCCCNC(=O)OCc1ccccc1.O=C(O)CC1CO1.[2H]C.[3H]CC. The molecule has 0 aromatic heterocycles. The van der Waals surface area contributed by atoms with Crippen LogP contribution in [-0.2, 0) is 93.0 Å². The second-order valence-corrected chi connectivity index (χ2v) is 40.3. The zero-order valence-corrected chi connectivity index (χ0v) is 89.9. The summed E-state index contributed by atoms with van der Waals surface area (Å²) in [5.41, 5.74) is 4.29. The predicted octanol–water partition coefficient (Wildman–Crippen LogP) is 23.0. The highest BCUT2D eigenvalue weighted by molar-refractivity contribution is 5.77. The highest BCUT2D eigenvalue weighted by Crippen LogP contribution is 2.37. The molecule has 6 unspecified atom stereocenters. The standard InChI is InChI=1S/C68H102N2O8.C43H82N2O11.C4H6O3.C2H6.CH4/c1-5-6-7-8-9-10-11-12-14-17-20-35-46-63(74-50-59-40-29-24-30-41-59)66(75-51-60-42-31-25-32-43-60)62(53-76-67-57(4)55(2)56(3)64(78-67)54-73-49-58-38-27-23-28-39-58)70-65(71)47-36-21-18-15-13-16-19-22-37-48-69-68(72)77-52-61-44-33-26-34-45-61;1-2-3-4-5-6-7-8-9-11-14-17-20-26-35(47)39(50)34(32-55-43-42(53)41(52)40(51)36(30-46)56-43)45-38(49)28-21-18-15-12-10-13-16-19-24-29-44-37(48)27-23-22-25-33-31-54-33;5-4(6)1-3-2-7-3;1-2;/h23-34,38-45,55-57,62-64,66-67H,5-22,35-37,46-54H2,1-4H3,(H,69,72)(H,70,71);33-36,39-43,46-47,50-53H,2-32H2,1H3,(H,44,48)(H,45,49);3H,1-2H2,(H,5,6);1-2H3;1H4/t55-,56+,57?,62-,63+,64?,66-,67-;33?,34-,35+,36?,39-,40-,41-,42?,43-;;;/m00.../s1/i;;;1T;1D. The fraction of sp³-hybridized carbons (Fsp3) is 0.754. The number of hydrogen-bond acceptors (Lipinski definition) is 21. The predicted molar refractivity (Wildman–Crippen MR) is 573 cm³/mol. The number of rotatable bonds is 82. The number of unbranched alkanes of at least 4 members (excludes halogenated alkanes) is 39. The van der Waals surface area contributed by atoms with E-state index in [0.717, 1.165) is 196 Å². The van der Waals surface area contributed by atoms with Crippen molar-refractivity contribution >= 4 is 29.8 Å². The molecule has 824 valence electrons. The number of epoxide rings is 2. The zero-order valence-electron chi connectivity index (χ0n) is 91.9. The summed E-state index contributed by atoms with van der Waals surface area (Å²) in [7, 11) is 1.25. The molecule has 0 bridgehead atoms. The highest BCUT2D eigenvalue weighted by Gasteiger charge is 2.46. The Kier molecular flexibility index (Phi) is 74.6. The number of amides is 4. The molecule has 4 aliphatic rings. The van der Waals surface area contributed by atoms with Crippen LogP contribution in [0.5, 0.6) is 0 Å². The number of hydrogen-bond donors (Lipinski definition) is 11. The van der Waals surface area contributed by atoms with E-state index in [4.69, 9.17) is 50.5 Å². The van der Waals surface area contributed by atoms with Gasteiger partial charge in [0.2, 0.25) is 17.7 Å². The summed E-state index contributed by atoms with van der Waals surface area (Å²) >= 11 is 0. The molecule has 26 heteroatoms. The van der Waals surface area contributed by atoms with Gasteiger partial charge in [0.1, 0.15) is 43.2 Å². The molecule has 0 radical (unpaired) electrons. The van der Waals surface area contributed by atoms with Crippen LogP contribution in [0, 0.1) is 17.8 Å². The van der Waals surface area contributed by atoms with E-state index in [1.165, 1.54) is 136 Å². The number of carboxylic acids is 1. The van der Waals surface area contributed by atoms with E-state index in [-0.39, 0.29) is 86.6 Å². The number of aliphatic carboxylic acids is 1. The van der Waals surface area contributed by atoms with Crippen molar-refractivity contribution in [3.8, 4) is 0 Å². The summed E-state index contributed by atoms with van der Waals surface area (Å²) in [5, 5.41) is 82.5. The van der Waals surface area contributed by atoms with Gasteiger partial charge < -0.3 is 104 Å². The number of carbonyl (C=O) groups is 5. The van der Waals surface area contributed by atoms with E-state index in [9.17, 15) is 54.6 Å². The molecule has 4 heterocycles. The van der Waals surface area contributed by atoms with Gasteiger partial charge >= 0.3 is 12.1 Å². The molecule has 4 fully saturated rings. The molecule has 4 amide bonds. The molecule has 0 aliphatic carbocycles. The van der Waals surface area contributed by atoms with Crippen molar-refractivity contribution in [2.45, 2.75) is 502 Å². The van der Waals surface area contributed by atoms with Crippen LogP contribution in [-0.4, -0.2) is 210 Å². The van der Waals surface area contributed by atoms with E-state index in [1.54, 1.807) is 6.92 Å². The molecule has 4 aromatic carbocycles. The van der Waals surface area contributed by atoms with Crippen molar-refractivity contribution in [3.05, 3.63) is 144 Å². The van der Waals surface area contributed by atoms with Crippen LogP contribution in [0.3, 0.4) is 0 Å². The smallest absolute Gasteiger partial charge is 0.407 e. The maximum atomic E-state index is 14.3. The summed E-state index contributed by atoms with van der Waals surface area (Å²) in [5.74, 6) is -0.192. The Hall–Kier alpha value is -6.57. The van der Waals surface area contributed by atoms with Crippen molar-refractivity contribution in [1.29, 1.82) is 0 Å². The lowest BCUT2D eigenvalue weighted by atomic mass is 9.79. The summed E-state index contributed by atoms with van der Waals surface area (Å²) in [4.78, 5) is 61.0. The van der Waals surface area contributed by atoms with Crippen LogP contribution in [0.15, 0.2) is 121 Å². The lowest BCUT2D eigenvalue weighted by molar-refractivity contribution is -0.303. The topological polar surface area (TPSA) is 374 Å². The van der Waals surface area contributed by atoms with Gasteiger partial charge in [-0.2, -0.15) is 0 Å². The lowest BCUT2D eigenvalue weighted by Gasteiger charge is -2.44. The number of ether oxygens (including phenoxy) is 10. The number of benzene rings is 4. The van der Waals surface area contributed by atoms with Gasteiger partial charge in [-0.25, -0.2) is 4.79 Å². The van der Waals surface area contributed by atoms with Gasteiger partial charge in [-0.3, -0.25) is 19.2 Å². The minimum Gasteiger partial charge on any atom is -0.481 e. The third-order valence-electron chi connectivity index (χ3n) is 28.0. The number of carbonyl (C=O) groups excluding carboxylic acids is 4. The zero-order chi connectivity index (χ0) is 106. The molecule has 26 nitrogen and oxygen atoms in total. The van der Waals surface area contributed by atoms with Gasteiger partial charge in [0.25, 0.3) is 0 Å². The van der Waals surface area contributed by atoms with Gasteiger partial charge in [-0.15, -0.1) is 0 Å². The minimum absolute atomic E-state index is 0.00781. The van der Waals surface area contributed by atoms with Gasteiger partial charge in [0, 0.05) is 41.0 Å². The molecule has 144 heavy (non-hydrogen) atoms. The quantitative estimate of drug-likeness (QED) is 0.0144. The van der Waals surface area contributed by atoms with Crippen LogP contribution >= 0.6 is 0 Å². The minimum atomic E-state index is -1.62.